The summed E-state index contributed by atoms with van der Waals surface area (Å²) in [4.78, 5) is 13.4. The molecule has 0 aliphatic carbocycles. The second-order valence-electron chi connectivity index (χ2n) is 6.76. The molecular formula is C22H22FN5. The zero-order valence-electron chi connectivity index (χ0n) is 15.8. The average Bonchev–Trinajstić information content (AvgIpc) is 2.87. The Hall–Kier alpha value is -3.41. The van der Waals surface area contributed by atoms with Crippen LogP contribution in [-0.2, 0) is 0 Å². The highest BCUT2D eigenvalue weighted by atomic mass is 19.1. The number of aromatic nitrogens is 2. The summed E-state index contributed by atoms with van der Waals surface area (Å²) in [7, 11) is 2.06. The van der Waals surface area contributed by atoms with E-state index in [-0.39, 0.29) is 5.82 Å². The average molecular weight is 375 g/mol. The molecule has 3 aromatic rings. The molecule has 3 heterocycles. The van der Waals surface area contributed by atoms with Gasteiger partial charge in [-0.1, -0.05) is 24.8 Å². The molecule has 28 heavy (non-hydrogen) atoms. The minimum absolute atomic E-state index is 0.274. The van der Waals surface area contributed by atoms with Gasteiger partial charge in [0.15, 0.2) is 5.82 Å². The number of fused-ring (bicyclic) bond motifs is 1. The lowest BCUT2D eigenvalue weighted by molar-refractivity contribution is 0.628. The molecular weight excluding hydrogens is 353 g/mol. The van der Waals surface area contributed by atoms with Gasteiger partial charge in [0, 0.05) is 31.9 Å². The minimum Gasteiger partial charge on any atom is -0.372 e. The quantitative estimate of drug-likeness (QED) is 0.727. The molecule has 6 heteroatoms. The van der Waals surface area contributed by atoms with Crippen molar-refractivity contribution in [1.29, 1.82) is 0 Å². The number of benzene rings is 1. The van der Waals surface area contributed by atoms with Crippen LogP contribution in [0.1, 0.15) is 6.42 Å². The highest BCUT2D eigenvalue weighted by Gasteiger charge is 2.23. The predicted molar refractivity (Wildman–Crippen MR) is 112 cm³/mol. The highest BCUT2D eigenvalue weighted by Crippen LogP contribution is 2.34. The Morgan fingerprint density at radius 2 is 2.00 bits per heavy atom. The van der Waals surface area contributed by atoms with Crippen LogP contribution in [0.2, 0.25) is 0 Å². The van der Waals surface area contributed by atoms with E-state index in [2.05, 4.69) is 33.7 Å². The van der Waals surface area contributed by atoms with Crippen LogP contribution in [0.5, 0.6) is 0 Å². The summed E-state index contributed by atoms with van der Waals surface area (Å²) in [6, 6.07) is 16.2. The molecule has 0 atom stereocenters. The van der Waals surface area contributed by atoms with Crippen LogP contribution >= 0.6 is 0 Å². The van der Waals surface area contributed by atoms with Crippen molar-refractivity contribution in [3.8, 4) is 11.3 Å². The lowest BCUT2D eigenvalue weighted by Gasteiger charge is -2.27. The third-order valence-corrected chi connectivity index (χ3v) is 4.78. The first-order chi connectivity index (χ1) is 13.6. The number of nitrogens with one attached hydrogen (secondary N) is 1. The first-order valence-electron chi connectivity index (χ1n) is 9.24. The Labute approximate surface area is 164 Å². The third-order valence-electron chi connectivity index (χ3n) is 4.78. The van der Waals surface area contributed by atoms with Crippen molar-refractivity contribution in [1.82, 2.24) is 9.97 Å². The van der Waals surface area contributed by atoms with E-state index in [1.54, 1.807) is 12.3 Å². The van der Waals surface area contributed by atoms with E-state index in [1.165, 1.54) is 12.1 Å². The summed E-state index contributed by atoms with van der Waals surface area (Å²) < 4.78 is 13.7. The molecule has 4 rings (SSSR count). The number of halogens is 1. The third kappa shape index (κ3) is 3.67. The Morgan fingerprint density at radius 3 is 2.79 bits per heavy atom. The van der Waals surface area contributed by atoms with Gasteiger partial charge in [-0.15, -0.1) is 0 Å². The number of pyridine rings is 2. The zero-order valence-corrected chi connectivity index (χ0v) is 15.8. The lowest BCUT2D eigenvalue weighted by atomic mass is 10.1. The molecule has 2 aromatic heterocycles. The van der Waals surface area contributed by atoms with Crippen molar-refractivity contribution in [3.63, 3.8) is 0 Å². The smallest absolute Gasteiger partial charge is 0.158 e. The summed E-state index contributed by atoms with van der Waals surface area (Å²) in [6.07, 6.45) is 2.70. The number of rotatable bonds is 4. The Kier molecular flexibility index (Phi) is 4.93. The first kappa shape index (κ1) is 18.0. The summed E-state index contributed by atoms with van der Waals surface area (Å²) in [5, 5.41) is 3.27. The van der Waals surface area contributed by atoms with Crippen LogP contribution in [0.15, 0.2) is 73.2 Å². The van der Waals surface area contributed by atoms with Crippen molar-refractivity contribution in [2.24, 2.45) is 0 Å². The van der Waals surface area contributed by atoms with Gasteiger partial charge < -0.3 is 15.1 Å². The molecule has 5 nitrogen and oxygen atoms in total. The number of anilines is 3. The molecule has 0 fully saturated rings. The van der Waals surface area contributed by atoms with Crippen LogP contribution in [0, 0.1) is 5.82 Å². The van der Waals surface area contributed by atoms with E-state index in [4.69, 9.17) is 4.98 Å². The van der Waals surface area contributed by atoms with Gasteiger partial charge in [0.2, 0.25) is 0 Å². The van der Waals surface area contributed by atoms with E-state index in [0.717, 1.165) is 48.1 Å². The van der Waals surface area contributed by atoms with Crippen molar-refractivity contribution >= 4 is 17.3 Å². The molecule has 1 aliphatic heterocycles. The summed E-state index contributed by atoms with van der Waals surface area (Å²) in [5.41, 5.74) is 2.49. The Bertz CT molecular complexity index is 989. The van der Waals surface area contributed by atoms with E-state index in [1.807, 2.05) is 36.4 Å². The highest BCUT2D eigenvalue weighted by molar-refractivity contribution is 5.75. The lowest BCUT2D eigenvalue weighted by Crippen LogP contribution is -2.28. The van der Waals surface area contributed by atoms with Crippen LogP contribution in [-0.4, -0.2) is 30.1 Å². The fourth-order valence-corrected chi connectivity index (χ4v) is 3.35. The van der Waals surface area contributed by atoms with Crippen molar-refractivity contribution in [3.05, 3.63) is 79.0 Å². The largest absolute Gasteiger partial charge is 0.372 e. The molecule has 0 amide bonds. The van der Waals surface area contributed by atoms with Gasteiger partial charge in [0.05, 0.1) is 11.4 Å². The van der Waals surface area contributed by atoms with Gasteiger partial charge in [-0.3, -0.25) is 0 Å². The molecule has 0 bridgehead atoms. The van der Waals surface area contributed by atoms with Gasteiger partial charge in [-0.25, -0.2) is 14.4 Å². The van der Waals surface area contributed by atoms with Gasteiger partial charge in [0.25, 0.3) is 0 Å². The van der Waals surface area contributed by atoms with Crippen LogP contribution in [0.25, 0.3) is 11.3 Å². The first-order valence-corrected chi connectivity index (χ1v) is 9.24. The van der Waals surface area contributed by atoms with E-state index in [9.17, 15) is 4.39 Å². The maximum atomic E-state index is 13.7. The normalized spacial score (nSPS) is 13.6. The maximum Gasteiger partial charge on any atom is 0.158 e. The topological polar surface area (TPSA) is 44.3 Å². The van der Waals surface area contributed by atoms with Crippen LogP contribution in [0.4, 0.5) is 21.7 Å². The SMILES string of the molecule is C=C(Nc1ccccn1)N1CCCN(C)c2ccc(-c3cccc(F)c3)nc21. The number of hydrogen-bond acceptors (Lipinski definition) is 5. The Morgan fingerprint density at radius 1 is 1.11 bits per heavy atom. The molecule has 1 aliphatic rings. The van der Waals surface area contributed by atoms with Crippen LogP contribution in [0.3, 0.4) is 0 Å². The molecule has 142 valence electrons. The van der Waals surface area contributed by atoms with Crippen molar-refractivity contribution < 1.29 is 4.39 Å². The van der Waals surface area contributed by atoms with Crippen LogP contribution < -0.4 is 15.1 Å². The molecule has 0 spiro atoms. The summed E-state index contributed by atoms with van der Waals surface area (Å²) in [6.45, 7) is 5.90. The standard InChI is InChI=1S/C22H22FN5/c1-16(25-21-9-3-4-12-24-21)28-14-6-13-27(2)20-11-10-19(26-22(20)28)17-7-5-8-18(23)15-17/h3-5,7-12,15H,1,6,13-14H2,2H3,(H,24,25). The fourth-order valence-electron chi connectivity index (χ4n) is 3.35. The van der Waals surface area contributed by atoms with E-state index >= 15 is 0 Å². The number of hydrogen-bond donors (Lipinski definition) is 1. The molecule has 0 radical (unpaired) electrons. The van der Waals surface area contributed by atoms with Crippen molar-refractivity contribution in [2.75, 3.05) is 35.3 Å². The molecule has 0 unspecified atom stereocenters. The number of nitrogens with zero attached hydrogens (tertiary/aromatic N) is 4. The maximum absolute atomic E-state index is 13.7. The zero-order chi connectivity index (χ0) is 19.5. The second kappa shape index (κ2) is 7.68. The van der Waals surface area contributed by atoms with E-state index < -0.39 is 0 Å². The molecule has 1 N–H and O–H groups in total. The fraction of sp³-hybridized carbons (Fsp3) is 0.182. The summed E-state index contributed by atoms with van der Waals surface area (Å²) >= 11 is 0. The molecule has 0 saturated carbocycles. The second-order valence-corrected chi connectivity index (χ2v) is 6.76. The minimum atomic E-state index is -0.274. The van der Waals surface area contributed by atoms with Gasteiger partial charge in [0.1, 0.15) is 17.5 Å². The van der Waals surface area contributed by atoms with Crippen molar-refractivity contribution in [2.45, 2.75) is 6.42 Å². The molecule has 1 aromatic carbocycles. The van der Waals surface area contributed by atoms with E-state index in [0.29, 0.717) is 5.82 Å². The monoisotopic (exact) mass is 375 g/mol. The van der Waals surface area contributed by atoms with Gasteiger partial charge >= 0.3 is 0 Å². The Balaban J connectivity index is 1.72. The summed E-state index contributed by atoms with van der Waals surface area (Å²) in [5.74, 6) is 1.96. The molecule has 0 saturated heterocycles. The van der Waals surface area contributed by atoms with Gasteiger partial charge in [-0.2, -0.15) is 0 Å². The predicted octanol–water partition coefficient (Wildman–Crippen LogP) is 4.51. The van der Waals surface area contributed by atoms with Gasteiger partial charge in [-0.05, 0) is 42.8 Å².